The average molecular weight is 513 g/mol. The van der Waals surface area contributed by atoms with Crippen LogP contribution in [0.15, 0.2) is 39.6 Å². The topological polar surface area (TPSA) is 79.5 Å². The van der Waals surface area contributed by atoms with Crippen molar-refractivity contribution in [1.29, 1.82) is 0 Å². The first-order valence-electron chi connectivity index (χ1n) is 8.84. The van der Waals surface area contributed by atoms with E-state index < -0.39 is 23.1 Å². The molecule has 0 amide bonds. The molecule has 13 heteroatoms. The summed E-state index contributed by atoms with van der Waals surface area (Å²) in [5.74, 6) is 0.695. The zero-order valence-electron chi connectivity index (χ0n) is 17.0. The second kappa shape index (κ2) is 10.5. The first kappa shape index (κ1) is 25.9. The highest BCUT2D eigenvalue weighted by Gasteiger charge is 2.35. The number of rotatable bonds is 7. The summed E-state index contributed by atoms with van der Waals surface area (Å²) < 4.78 is 50.6. The fourth-order valence-electron chi connectivity index (χ4n) is 2.54. The Morgan fingerprint density at radius 1 is 1.19 bits per heavy atom. The molecule has 7 nitrogen and oxygen atoms in total. The Morgan fingerprint density at radius 2 is 1.84 bits per heavy atom. The molecule has 0 spiro atoms. The number of ether oxygens (including phenoxy) is 2. The van der Waals surface area contributed by atoms with Crippen molar-refractivity contribution in [2.24, 2.45) is 7.05 Å². The van der Waals surface area contributed by atoms with E-state index in [2.05, 4.69) is 0 Å². The highest BCUT2D eigenvalue weighted by atomic mass is 35.5. The number of aromatic nitrogens is 2. The van der Waals surface area contributed by atoms with Gasteiger partial charge in [-0.15, -0.1) is 0 Å². The van der Waals surface area contributed by atoms with Gasteiger partial charge < -0.3 is 9.47 Å². The monoisotopic (exact) mass is 512 g/mol. The molecule has 2 aromatic rings. The van der Waals surface area contributed by atoms with Crippen molar-refractivity contribution >= 4 is 40.1 Å². The molecule has 0 aliphatic carbocycles. The van der Waals surface area contributed by atoms with E-state index in [1.807, 2.05) is 6.92 Å². The molecule has 0 saturated carbocycles. The summed E-state index contributed by atoms with van der Waals surface area (Å²) in [6.45, 7) is 1.58. The van der Waals surface area contributed by atoms with E-state index in [1.54, 1.807) is 0 Å². The van der Waals surface area contributed by atoms with Crippen LogP contribution in [0.1, 0.15) is 12.6 Å². The van der Waals surface area contributed by atoms with Gasteiger partial charge in [0.2, 0.25) is 5.12 Å². The molecule has 32 heavy (non-hydrogen) atoms. The van der Waals surface area contributed by atoms with Crippen LogP contribution in [0.25, 0.3) is 5.69 Å². The number of nitrogens with zero attached hydrogens (tertiary/aromatic N) is 2. The van der Waals surface area contributed by atoms with Gasteiger partial charge in [-0.25, -0.2) is 9.36 Å². The van der Waals surface area contributed by atoms with Gasteiger partial charge in [-0.2, -0.15) is 13.2 Å². The van der Waals surface area contributed by atoms with E-state index in [9.17, 15) is 27.6 Å². The van der Waals surface area contributed by atoms with Crippen LogP contribution < -0.4 is 16.0 Å². The van der Waals surface area contributed by atoms with Gasteiger partial charge >= 0.3 is 11.9 Å². The minimum Gasteiger partial charge on any atom is -0.497 e. The van der Waals surface area contributed by atoms with E-state index in [1.165, 1.54) is 19.3 Å². The Hall–Kier alpha value is -2.37. The third-order valence-electron chi connectivity index (χ3n) is 4.05. The summed E-state index contributed by atoms with van der Waals surface area (Å²) in [5.41, 5.74) is -4.14. The SMILES string of the molecule is CCSC(=O)/C=C(\COc1cc(-n2c(=O)cc(C(F)(F)F)n(C)c2=O)c(Cl)cc1Cl)OC. The van der Waals surface area contributed by atoms with E-state index in [-0.39, 0.29) is 49.6 Å². The highest BCUT2D eigenvalue weighted by molar-refractivity contribution is 8.14. The molecular formula is C19H17Cl2F3N2O5S. The lowest BCUT2D eigenvalue weighted by atomic mass is 10.2. The zero-order valence-corrected chi connectivity index (χ0v) is 19.3. The summed E-state index contributed by atoms with van der Waals surface area (Å²) in [6, 6.07) is 2.60. The molecule has 0 radical (unpaired) electrons. The van der Waals surface area contributed by atoms with Crippen LogP contribution in [-0.4, -0.2) is 33.7 Å². The molecule has 174 valence electrons. The summed E-state index contributed by atoms with van der Waals surface area (Å²) in [6.07, 6.45) is -3.67. The van der Waals surface area contributed by atoms with Gasteiger partial charge in [-0.05, 0) is 11.8 Å². The van der Waals surface area contributed by atoms with Crippen LogP contribution in [0.2, 0.25) is 10.0 Å². The standard InChI is InChI=1S/C19H17Cl2F3N2O5S/c1-4-32-17(28)5-10(30-3)9-31-14-7-13(11(20)6-12(14)21)26-16(27)8-15(19(22,23)24)25(2)18(26)29/h5-8H,4,9H2,1-3H3/b10-5+. The largest absolute Gasteiger partial charge is 0.497 e. The minimum atomic E-state index is -4.90. The molecule has 1 heterocycles. The lowest BCUT2D eigenvalue weighted by molar-refractivity contribution is -0.144. The number of halogens is 5. The van der Waals surface area contributed by atoms with Crippen LogP contribution in [0.4, 0.5) is 13.2 Å². The Morgan fingerprint density at radius 3 is 2.41 bits per heavy atom. The molecule has 0 fully saturated rings. The third kappa shape index (κ3) is 5.90. The number of carbonyl (C=O) groups excluding carboxylic acids is 1. The van der Waals surface area contributed by atoms with Crippen molar-refractivity contribution in [3.8, 4) is 11.4 Å². The molecular weight excluding hydrogens is 496 g/mol. The Labute approximate surface area is 194 Å². The molecule has 0 atom stereocenters. The van der Waals surface area contributed by atoms with Gasteiger partial charge in [0.05, 0.1) is 22.8 Å². The fraction of sp³-hybridized carbons (Fsp3) is 0.316. The van der Waals surface area contributed by atoms with Crippen LogP contribution in [0.5, 0.6) is 5.75 Å². The third-order valence-corrected chi connectivity index (χ3v) is 5.34. The number of carbonyl (C=O) groups is 1. The van der Waals surface area contributed by atoms with Crippen molar-refractivity contribution < 1.29 is 27.4 Å². The maximum absolute atomic E-state index is 13.1. The Bertz CT molecular complexity index is 1180. The quantitative estimate of drug-likeness (QED) is 0.411. The predicted molar refractivity (Wildman–Crippen MR) is 116 cm³/mol. The molecule has 0 aliphatic heterocycles. The fourth-order valence-corrected chi connectivity index (χ4v) is 3.57. The van der Waals surface area contributed by atoms with E-state index in [0.717, 1.165) is 24.9 Å². The van der Waals surface area contributed by atoms with Crippen molar-refractivity contribution in [2.45, 2.75) is 13.1 Å². The first-order valence-corrected chi connectivity index (χ1v) is 10.6. The number of hydrogen-bond donors (Lipinski definition) is 0. The van der Waals surface area contributed by atoms with Gasteiger partial charge in [0.25, 0.3) is 5.56 Å². The lowest BCUT2D eigenvalue weighted by Crippen LogP contribution is -2.40. The molecule has 0 aliphatic rings. The van der Waals surface area contributed by atoms with Gasteiger partial charge in [0.1, 0.15) is 23.8 Å². The van der Waals surface area contributed by atoms with E-state index in [0.29, 0.717) is 10.3 Å². The molecule has 0 saturated heterocycles. The Balaban J connectivity index is 2.50. The van der Waals surface area contributed by atoms with Crippen molar-refractivity contribution in [2.75, 3.05) is 19.5 Å². The van der Waals surface area contributed by atoms with Crippen molar-refractivity contribution in [3.63, 3.8) is 0 Å². The first-order chi connectivity index (χ1) is 14.9. The summed E-state index contributed by atoms with van der Waals surface area (Å²) in [7, 11) is 2.21. The molecule has 0 N–H and O–H groups in total. The predicted octanol–water partition coefficient (Wildman–Crippen LogP) is 4.05. The maximum atomic E-state index is 13.1. The minimum absolute atomic E-state index is 0.000229. The van der Waals surface area contributed by atoms with E-state index in [4.69, 9.17) is 32.7 Å². The second-order valence-corrected chi connectivity index (χ2v) is 8.21. The van der Waals surface area contributed by atoms with Crippen LogP contribution in [-0.2, 0) is 22.8 Å². The second-order valence-electron chi connectivity index (χ2n) is 6.13. The normalized spacial score (nSPS) is 12.1. The number of alkyl halides is 3. The molecule has 2 rings (SSSR count). The molecule has 0 bridgehead atoms. The number of thioether (sulfide) groups is 1. The van der Waals surface area contributed by atoms with Gasteiger partial charge in [0.15, 0.2) is 0 Å². The number of benzene rings is 1. The Kier molecular flexibility index (Phi) is 8.49. The van der Waals surface area contributed by atoms with Crippen LogP contribution in [0, 0.1) is 0 Å². The molecule has 0 unspecified atom stereocenters. The van der Waals surface area contributed by atoms with Crippen LogP contribution in [0.3, 0.4) is 0 Å². The van der Waals surface area contributed by atoms with Crippen molar-refractivity contribution in [1.82, 2.24) is 9.13 Å². The number of methoxy groups -OCH3 is 1. The van der Waals surface area contributed by atoms with Gasteiger partial charge in [0, 0.05) is 25.3 Å². The highest BCUT2D eigenvalue weighted by Crippen LogP contribution is 2.33. The lowest BCUT2D eigenvalue weighted by Gasteiger charge is -2.16. The summed E-state index contributed by atoms with van der Waals surface area (Å²) >= 11 is 13.3. The smallest absolute Gasteiger partial charge is 0.431 e. The zero-order chi connectivity index (χ0) is 24.2. The molecule has 1 aromatic carbocycles. The summed E-state index contributed by atoms with van der Waals surface area (Å²) in [5, 5.41) is -0.422. The van der Waals surface area contributed by atoms with E-state index >= 15 is 0 Å². The maximum Gasteiger partial charge on any atom is 0.431 e. The van der Waals surface area contributed by atoms with Crippen LogP contribution >= 0.6 is 35.0 Å². The number of hydrogen-bond acceptors (Lipinski definition) is 6. The van der Waals surface area contributed by atoms with Gasteiger partial charge in [-0.1, -0.05) is 41.9 Å². The summed E-state index contributed by atoms with van der Waals surface area (Å²) in [4.78, 5) is 36.6. The van der Waals surface area contributed by atoms with Crippen molar-refractivity contribution in [3.05, 3.63) is 66.6 Å². The van der Waals surface area contributed by atoms with Gasteiger partial charge in [-0.3, -0.25) is 14.2 Å². The average Bonchev–Trinajstić information content (AvgIpc) is 2.69. The molecule has 1 aromatic heterocycles.